The van der Waals surface area contributed by atoms with Crippen molar-refractivity contribution in [3.05, 3.63) is 35.9 Å². The summed E-state index contributed by atoms with van der Waals surface area (Å²) in [7, 11) is 6.04. The largest absolute Gasteiger partial charge is 0.348 e. The molecule has 2 heterocycles. The molecule has 0 aromatic heterocycles. The van der Waals surface area contributed by atoms with Crippen LogP contribution in [0.5, 0.6) is 0 Å². The molecule has 1 aromatic carbocycles. The molecule has 1 N–H and O–H groups in total. The first kappa shape index (κ1) is 25.1. The fraction of sp³-hybridized carbons (Fsp3) is 0.692. The molecule has 0 radical (unpaired) electrons. The molecule has 1 spiro atoms. The number of benzene rings is 1. The molecule has 3 fully saturated rings. The number of fused-ring (bicyclic) bond motifs is 1. The highest BCUT2D eigenvalue weighted by Crippen LogP contribution is 2.45. The summed E-state index contributed by atoms with van der Waals surface area (Å²) >= 11 is 0. The molecule has 3 atom stereocenters. The van der Waals surface area contributed by atoms with Crippen LogP contribution in [-0.2, 0) is 20.7 Å². The predicted octanol–water partition coefficient (Wildman–Crippen LogP) is 2.19. The number of carbonyl (C=O) groups excluding carboxylic acids is 2. The average molecular weight is 473 g/mol. The van der Waals surface area contributed by atoms with E-state index in [4.69, 9.17) is 9.47 Å². The van der Waals surface area contributed by atoms with E-state index in [0.717, 1.165) is 37.8 Å². The Balaban J connectivity index is 1.44. The number of piperidine rings is 1. The fourth-order valence-corrected chi connectivity index (χ4v) is 5.82. The summed E-state index contributed by atoms with van der Waals surface area (Å²) in [6.07, 6.45) is 4.17. The maximum absolute atomic E-state index is 13.8. The first-order chi connectivity index (χ1) is 16.4. The number of hydrogen-bond donors (Lipinski definition) is 1. The summed E-state index contributed by atoms with van der Waals surface area (Å²) in [6, 6.07) is 10.2. The summed E-state index contributed by atoms with van der Waals surface area (Å²) in [5.74, 6) is -0.425. The summed E-state index contributed by atoms with van der Waals surface area (Å²) in [4.78, 5) is 32.7. The number of hydrogen-bond acceptors (Lipinski definition) is 6. The second kappa shape index (κ2) is 11.2. The molecule has 3 amide bonds. The zero-order chi connectivity index (χ0) is 24.1. The van der Waals surface area contributed by atoms with Crippen molar-refractivity contribution in [3.63, 3.8) is 0 Å². The number of ether oxygens (including phenoxy) is 2. The Hall–Kier alpha value is -2.00. The van der Waals surface area contributed by atoms with Gasteiger partial charge in [-0.15, -0.1) is 0 Å². The Kier molecular flexibility index (Phi) is 8.24. The lowest BCUT2D eigenvalue weighted by molar-refractivity contribution is -0.202. The van der Waals surface area contributed by atoms with Crippen LogP contribution in [0.2, 0.25) is 0 Å². The number of nitrogens with zero attached hydrogens (tertiary/aromatic N) is 3. The van der Waals surface area contributed by atoms with Gasteiger partial charge >= 0.3 is 6.03 Å². The van der Waals surface area contributed by atoms with Crippen molar-refractivity contribution in [3.8, 4) is 0 Å². The smallest absolute Gasteiger partial charge is 0.324 e. The van der Waals surface area contributed by atoms with E-state index in [-0.39, 0.29) is 17.9 Å². The maximum Gasteiger partial charge on any atom is 0.324 e. The van der Waals surface area contributed by atoms with Crippen molar-refractivity contribution in [2.24, 2.45) is 11.8 Å². The van der Waals surface area contributed by atoms with E-state index in [1.807, 2.05) is 49.3 Å². The molecule has 34 heavy (non-hydrogen) atoms. The highest BCUT2D eigenvalue weighted by molar-refractivity contribution is 5.95. The van der Waals surface area contributed by atoms with Crippen LogP contribution in [0.25, 0.3) is 0 Å². The Bertz CT molecular complexity index is 827. The van der Waals surface area contributed by atoms with Gasteiger partial charge in [0.25, 0.3) is 0 Å². The van der Waals surface area contributed by atoms with E-state index in [9.17, 15) is 9.59 Å². The Morgan fingerprint density at radius 3 is 2.59 bits per heavy atom. The van der Waals surface area contributed by atoms with E-state index in [1.54, 1.807) is 0 Å². The van der Waals surface area contributed by atoms with Gasteiger partial charge in [0.15, 0.2) is 5.79 Å². The summed E-state index contributed by atoms with van der Waals surface area (Å²) in [6.45, 7) is 3.59. The Morgan fingerprint density at radius 2 is 1.88 bits per heavy atom. The van der Waals surface area contributed by atoms with Gasteiger partial charge in [-0.3, -0.25) is 9.69 Å². The van der Waals surface area contributed by atoms with Crippen LogP contribution in [0.1, 0.15) is 31.2 Å². The second-order valence-electron chi connectivity index (χ2n) is 10.3. The van der Waals surface area contributed by atoms with E-state index >= 15 is 0 Å². The quantitative estimate of drug-likeness (QED) is 0.656. The molecule has 8 heteroatoms. The molecule has 1 aromatic rings. The lowest BCUT2D eigenvalue weighted by Crippen LogP contribution is -2.57. The van der Waals surface area contributed by atoms with Gasteiger partial charge < -0.3 is 24.6 Å². The minimum atomic E-state index is -0.469. The molecule has 4 rings (SSSR count). The number of carbonyl (C=O) groups is 2. The lowest BCUT2D eigenvalue weighted by atomic mass is 9.72. The monoisotopic (exact) mass is 472 g/mol. The highest BCUT2D eigenvalue weighted by Gasteiger charge is 2.49. The van der Waals surface area contributed by atoms with Crippen LogP contribution in [0.3, 0.4) is 0 Å². The summed E-state index contributed by atoms with van der Waals surface area (Å²) in [5, 5.41) is 2.95. The van der Waals surface area contributed by atoms with Crippen molar-refractivity contribution in [2.45, 2.75) is 43.9 Å². The number of likely N-dealkylation sites (N-methyl/N-ethyl adjacent to an activating group) is 1. The third-order valence-electron chi connectivity index (χ3n) is 7.58. The van der Waals surface area contributed by atoms with E-state index < -0.39 is 5.79 Å². The summed E-state index contributed by atoms with van der Waals surface area (Å²) in [5.41, 5.74) is 1.12. The third kappa shape index (κ3) is 5.97. The number of imide groups is 1. The van der Waals surface area contributed by atoms with Crippen molar-refractivity contribution in [1.82, 2.24) is 20.0 Å². The van der Waals surface area contributed by atoms with Gasteiger partial charge in [0.05, 0.1) is 19.1 Å². The zero-order valence-corrected chi connectivity index (χ0v) is 20.9. The van der Waals surface area contributed by atoms with Crippen LogP contribution in [0.15, 0.2) is 30.3 Å². The van der Waals surface area contributed by atoms with Gasteiger partial charge in [-0.05, 0) is 51.9 Å². The number of rotatable bonds is 7. The van der Waals surface area contributed by atoms with E-state index in [0.29, 0.717) is 51.2 Å². The molecular formula is C26H40N4O4. The van der Waals surface area contributed by atoms with Crippen LogP contribution >= 0.6 is 0 Å². The molecule has 0 bridgehead atoms. The molecule has 3 aliphatic rings. The van der Waals surface area contributed by atoms with Gasteiger partial charge in [-0.1, -0.05) is 30.3 Å². The first-order valence-corrected chi connectivity index (χ1v) is 12.6. The molecule has 2 saturated heterocycles. The molecule has 0 unspecified atom stereocenters. The van der Waals surface area contributed by atoms with Crippen molar-refractivity contribution in [1.29, 1.82) is 0 Å². The Morgan fingerprint density at radius 1 is 1.15 bits per heavy atom. The molecule has 8 nitrogen and oxygen atoms in total. The van der Waals surface area contributed by atoms with Crippen LogP contribution in [0.4, 0.5) is 4.79 Å². The second-order valence-corrected chi connectivity index (χ2v) is 10.3. The molecule has 2 aliphatic heterocycles. The van der Waals surface area contributed by atoms with Gasteiger partial charge in [-0.2, -0.15) is 0 Å². The highest BCUT2D eigenvalue weighted by atomic mass is 16.7. The maximum atomic E-state index is 13.8. The van der Waals surface area contributed by atoms with Crippen LogP contribution in [0, 0.1) is 11.8 Å². The van der Waals surface area contributed by atoms with Gasteiger partial charge in [0, 0.05) is 45.1 Å². The number of likely N-dealkylation sites (tertiary alicyclic amines) is 1. The fourth-order valence-electron chi connectivity index (χ4n) is 5.82. The van der Waals surface area contributed by atoms with Crippen LogP contribution < -0.4 is 5.32 Å². The number of amides is 3. The standard InChI is InChI=1S/C26H40N4O4/c1-28(2)14-12-27-25(32)30(13-10-20-7-5-4-6-8-20)24(31)22-17-21-18-26(33-15-16-34-26)11-9-23(21)29(3)19-22/h4-8,21-23H,9-19H2,1-3H3,(H,27,32)/t21-,22-,23-/m1/s1. The van der Waals surface area contributed by atoms with Crippen LogP contribution in [-0.4, -0.2) is 99.0 Å². The number of urea groups is 1. The summed E-state index contributed by atoms with van der Waals surface area (Å²) < 4.78 is 12.0. The number of nitrogens with one attached hydrogen (secondary N) is 1. The SMILES string of the molecule is CN(C)CCNC(=O)N(CCc1ccccc1)C(=O)[C@@H]1C[C@@H]2CC3(CC[C@H]2N(C)C1)OCCO3. The first-order valence-electron chi connectivity index (χ1n) is 12.6. The van der Waals surface area contributed by atoms with E-state index in [2.05, 4.69) is 17.3 Å². The van der Waals surface area contributed by atoms with Gasteiger partial charge in [0.2, 0.25) is 5.91 Å². The predicted molar refractivity (Wildman–Crippen MR) is 130 cm³/mol. The van der Waals surface area contributed by atoms with Crippen molar-refractivity contribution < 1.29 is 19.1 Å². The van der Waals surface area contributed by atoms with Crippen molar-refractivity contribution in [2.75, 3.05) is 60.5 Å². The van der Waals surface area contributed by atoms with E-state index in [1.165, 1.54) is 4.90 Å². The molecular weight excluding hydrogens is 432 g/mol. The minimum absolute atomic E-state index is 0.0727. The molecule has 1 saturated carbocycles. The minimum Gasteiger partial charge on any atom is -0.348 e. The van der Waals surface area contributed by atoms with Crippen molar-refractivity contribution >= 4 is 11.9 Å². The van der Waals surface area contributed by atoms with Gasteiger partial charge in [-0.25, -0.2) is 4.79 Å². The average Bonchev–Trinajstić information content (AvgIpc) is 3.26. The lowest BCUT2D eigenvalue weighted by Gasteiger charge is -2.49. The Labute approximate surface area is 203 Å². The topological polar surface area (TPSA) is 74.4 Å². The normalized spacial score (nSPS) is 26.4. The molecule has 188 valence electrons. The molecule has 1 aliphatic carbocycles. The van der Waals surface area contributed by atoms with Gasteiger partial charge in [0.1, 0.15) is 0 Å². The third-order valence-corrected chi connectivity index (χ3v) is 7.58. The zero-order valence-electron chi connectivity index (χ0n) is 20.9.